The van der Waals surface area contributed by atoms with Gasteiger partial charge in [0.05, 0.1) is 17.1 Å². The van der Waals surface area contributed by atoms with Crippen molar-refractivity contribution >= 4 is 34.0 Å². The van der Waals surface area contributed by atoms with Crippen LogP contribution < -0.4 is 15.0 Å². The fourth-order valence-corrected chi connectivity index (χ4v) is 4.23. The highest BCUT2D eigenvalue weighted by atomic mass is 32.1. The molecule has 0 saturated carbocycles. The van der Waals surface area contributed by atoms with E-state index in [1.165, 1.54) is 16.2 Å². The number of carbonyl (C=O) groups is 2. The van der Waals surface area contributed by atoms with Crippen LogP contribution in [0.2, 0.25) is 0 Å². The lowest BCUT2D eigenvalue weighted by Gasteiger charge is -2.32. The first-order chi connectivity index (χ1) is 15.6. The van der Waals surface area contributed by atoms with Crippen LogP contribution in [-0.2, 0) is 9.59 Å². The molecule has 0 saturated heterocycles. The van der Waals surface area contributed by atoms with E-state index in [0.717, 1.165) is 16.9 Å². The Morgan fingerprint density at radius 2 is 1.97 bits per heavy atom. The number of amides is 2. The van der Waals surface area contributed by atoms with Crippen molar-refractivity contribution in [1.29, 1.82) is 0 Å². The Labute approximate surface area is 188 Å². The normalized spacial score (nSPS) is 15.2. The topological polar surface area (TPSA) is 89.3 Å². The van der Waals surface area contributed by atoms with Crippen molar-refractivity contribution in [2.75, 3.05) is 16.8 Å². The van der Waals surface area contributed by atoms with Crippen molar-refractivity contribution in [3.63, 3.8) is 0 Å². The molecule has 1 aliphatic rings. The third kappa shape index (κ3) is 3.85. The zero-order valence-electron chi connectivity index (χ0n) is 17.1. The van der Waals surface area contributed by atoms with Crippen LogP contribution in [0.3, 0.4) is 0 Å². The minimum atomic E-state index is -0.645. The van der Waals surface area contributed by atoms with E-state index < -0.39 is 6.10 Å². The third-order valence-electron chi connectivity index (χ3n) is 5.06. The van der Waals surface area contributed by atoms with Crippen LogP contribution in [-0.4, -0.2) is 39.2 Å². The zero-order chi connectivity index (χ0) is 22.1. The first-order valence-electron chi connectivity index (χ1n) is 10.0. The molecule has 1 N–H and O–H groups in total. The van der Waals surface area contributed by atoms with Gasteiger partial charge in [-0.15, -0.1) is 11.3 Å². The predicted molar refractivity (Wildman–Crippen MR) is 122 cm³/mol. The maximum atomic E-state index is 12.7. The molecule has 0 fully saturated rings. The lowest BCUT2D eigenvalue weighted by Crippen LogP contribution is -2.47. The molecule has 1 atom stereocenters. The molecule has 2 aromatic carbocycles. The number of nitrogens with one attached hydrogen (secondary N) is 1. The Balaban J connectivity index is 1.28. The number of para-hydroxylation sites is 2. The molecular formula is C23H19N5O3S. The van der Waals surface area contributed by atoms with E-state index in [2.05, 4.69) is 15.4 Å². The molecule has 2 aromatic heterocycles. The molecule has 0 aliphatic carbocycles. The number of fused-ring (bicyclic) bond motifs is 1. The van der Waals surface area contributed by atoms with Gasteiger partial charge in [-0.05, 0) is 37.3 Å². The minimum Gasteiger partial charge on any atom is -0.479 e. The molecule has 8 nitrogen and oxygen atoms in total. The van der Waals surface area contributed by atoms with Gasteiger partial charge >= 0.3 is 0 Å². The summed E-state index contributed by atoms with van der Waals surface area (Å²) in [6, 6.07) is 16.9. The third-order valence-corrected chi connectivity index (χ3v) is 5.82. The van der Waals surface area contributed by atoms with Gasteiger partial charge in [-0.3, -0.25) is 14.5 Å². The van der Waals surface area contributed by atoms with Crippen molar-refractivity contribution in [2.45, 2.75) is 13.0 Å². The maximum Gasteiger partial charge on any atom is 0.268 e. The minimum absolute atomic E-state index is 0.114. The van der Waals surface area contributed by atoms with Crippen LogP contribution >= 0.6 is 11.3 Å². The van der Waals surface area contributed by atoms with E-state index >= 15 is 0 Å². The molecule has 0 bridgehead atoms. The van der Waals surface area contributed by atoms with Crippen LogP contribution in [0, 0.1) is 0 Å². The van der Waals surface area contributed by atoms with Crippen LogP contribution in [0.25, 0.3) is 16.9 Å². The first kappa shape index (κ1) is 20.0. The van der Waals surface area contributed by atoms with Gasteiger partial charge < -0.3 is 10.1 Å². The zero-order valence-corrected chi connectivity index (χ0v) is 18.0. The number of aromatic nitrogens is 3. The molecule has 32 heavy (non-hydrogen) atoms. The Kier molecular flexibility index (Phi) is 5.16. The summed E-state index contributed by atoms with van der Waals surface area (Å²) < 4.78 is 7.40. The second kappa shape index (κ2) is 8.27. The molecule has 9 heteroatoms. The SMILES string of the molecule is C[C@@H]1Oc2ccccc2N(CC(=O)Nc2nc(-c3ccc(-n4cccn4)cc3)cs2)C1=O. The van der Waals surface area contributed by atoms with Gasteiger partial charge in [0.1, 0.15) is 12.3 Å². The number of carbonyl (C=O) groups excluding carboxylic acids is 2. The molecule has 0 spiro atoms. The van der Waals surface area contributed by atoms with Crippen molar-refractivity contribution in [2.24, 2.45) is 0 Å². The highest BCUT2D eigenvalue weighted by molar-refractivity contribution is 7.14. The molecule has 0 radical (unpaired) electrons. The summed E-state index contributed by atoms with van der Waals surface area (Å²) in [5, 5.41) is 9.38. The Hall–Kier alpha value is -3.98. The molecule has 5 rings (SSSR count). The van der Waals surface area contributed by atoms with Crippen LogP contribution in [0.4, 0.5) is 10.8 Å². The average molecular weight is 446 g/mol. The quantitative estimate of drug-likeness (QED) is 0.505. The second-order valence-corrected chi connectivity index (χ2v) is 8.09. The first-order valence-corrected chi connectivity index (χ1v) is 10.9. The highest BCUT2D eigenvalue weighted by Gasteiger charge is 2.32. The smallest absolute Gasteiger partial charge is 0.268 e. The summed E-state index contributed by atoms with van der Waals surface area (Å²) in [6.45, 7) is 1.56. The van der Waals surface area contributed by atoms with Crippen molar-refractivity contribution in [3.8, 4) is 22.7 Å². The summed E-state index contributed by atoms with van der Waals surface area (Å²) in [5.74, 6) is 0.00984. The number of hydrogen-bond donors (Lipinski definition) is 1. The Morgan fingerprint density at radius 3 is 2.75 bits per heavy atom. The lowest BCUT2D eigenvalue weighted by atomic mass is 10.1. The van der Waals surface area contributed by atoms with E-state index in [0.29, 0.717) is 16.6 Å². The largest absolute Gasteiger partial charge is 0.479 e. The molecule has 3 heterocycles. The standard InChI is InChI=1S/C23H19N5O3S/c1-15-22(30)27(19-5-2-3-6-20(19)31-15)13-21(29)26-23-25-18(14-32-23)16-7-9-17(10-8-16)28-12-4-11-24-28/h2-12,14-15H,13H2,1H3,(H,25,26,29)/t15-/m0/s1. The monoisotopic (exact) mass is 445 g/mol. The number of benzene rings is 2. The number of rotatable bonds is 5. The number of thiazole rings is 1. The van der Waals surface area contributed by atoms with Gasteiger partial charge in [0.15, 0.2) is 11.2 Å². The highest BCUT2D eigenvalue weighted by Crippen LogP contribution is 2.33. The van der Waals surface area contributed by atoms with Crippen LogP contribution in [0.15, 0.2) is 72.4 Å². The number of anilines is 2. The molecule has 160 valence electrons. The van der Waals surface area contributed by atoms with Gasteiger partial charge in [0.2, 0.25) is 5.91 Å². The van der Waals surface area contributed by atoms with E-state index in [9.17, 15) is 9.59 Å². The summed E-state index contributed by atoms with van der Waals surface area (Å²) in [6.07, 6.45) is 2.96. The Bertz CT molecular complexity index is 1270. The summed E-state index contributed by atoms with van der Waals surface area (Å²) in [7, 11) is 0. The fourth-order valence-electron chi connectivity index (χ4n) is 3.49. The maximum absolute atomic E-state index is 12.7. The van der Waals surface area contributed by atoms with Crippen LogP contribution in [0.1, 0.15) is 6.92 Å². The van der Waals surface area contributed by atoms with Gasteiger partial charge in [-0.25, -0.2) is 9.67 Å². The Morgan fingerprint density at radius 1 is 1.16 bits per heavy atom. The van der Waals surface area contributed by atoms with E-state index in [1.807, 2.05) is 48.0 Å². The summed E-state index contributed by atoms with van der Waals surface area (Å²) in [4.78, 5) is 31.2. The van der Waals surface area contributed by atoms with Gasteiger partial charge in [-0.2, -0.15) is 5.10 Å². The van der Waals surface area contributed by atoms with E-state index in [4.69, 9.17) is 4.74 Å². The van der Waals surface area contributed by atoms with Crippen molar-refractivity contribution in [3.05, 3.63) is 72.4 Å². The van der Waals surface area contributed by atoms with E-state index in [1.54, 1.807) is 36.0 Å². The van der Waals surface area contributed by atoms with Crippen molar-refractivity contribution < 1.29 is 14.3 Å². The molecule has 0 unspecified atom stereocenters. The average Bonchev–Trinajstić information content (AvgIpc) is 3.50. The molecular weight excluding hydrogens is 426 g/mol. The molecule has 4 aromatic rings. The number of ether oxygens (including phenoxy) is 1. The van der Waals surface area contributed by atoms with Gasteiger partial charge in [-0.1, -0.05) is 24.3 Å². The molecule has 1 aliphatic heterocycles. The second-order valence-electron chi connectivity index (χ2n) is 7.24. The van der Waals surface area contributed by atoms with Gasteiger partial charge in [0.25, 0.3) is 5.91 Å². The number of hydrogen-bond acceptors (Lipinski definition) is 6. The lowest BCUT2D eigenvalue weighted by molar-refractivity contribution is -0.127. The summed E-state index contributed by atoms with van der Waals surface area (Å²) in [5.41, 5.74) is 3.23. The van der Waals surface area contributed by atoms with Crippen molar-refractivity contribution in [1.82, 2.24) is 14.8 Å². The summed E-state index contributed by atoms with van der Waals surface area (Å²) >= 11 is 1.33. The predicted octanol–water partition coefficient (Wildman–Crippen LogP) is 3.75. The fraction of sp³-hybridized carbons (Fsp3) is 0.130. The van der Waals surface area contributed by atoms with Crippen LogP contribution in [0.5, 0.6) is 5.75 Å². The molecule has 2 amide bonds. The van der Waals surface area contributed by atoms with E-state index in [-0.39, 0.29) is 18.4 Å². The van der Waals surface area contributed by atoms with Gasteiger partial charge in [0, 0.05) is 23.3 Å². The number of nitrogens with zero attached hydrogens (tertiary/aromatic N) is 4.